The van der Waals surface area contributed by atoms with Crippen LogP contribution >= 0.6 is 0 Å². The highest BCUT2D eigenvalue weighted by Gasteiger charge is 2.34. The lowest BCUT2D eigenvalue weighted by molar-refractivity contribution is -0.137. The molecule has 0 amide bonds. The average molecular weight is 285 g/mol. The molecule has 1 aromatic heterocycles. The summed E-state index contributed by atoms with van der Waals surface area (Å²) in [4.78, 5) is 11.3. The smallest absolute Gasteiger partial charge is 0.418 e. The van der Waals surface area contributed by atoms with E-state index in [-0.39, 0.29) is 17.2 Å². The van der Waals surface area contributed by atoms with E-state index in [0.29, 0.717) is 0 Å². The number of benzene rings is 1. The van der Waals surface area contributed by atoms with Gasteiger partial charge in [0.1, 0.15) is 5.82 Å². The van der Waals surface area contributed by atoms with Crippen LogP contribution in [0.1, 0.15) is 16.1 Å². The molecule has 1 aromatic carbocycles. The number of carbonyl (C=O) groups excluding carboxylic acids is 1. The third-order valence-corrected chi connectivity index (χ3v) is 2.57. The number of hydrogen-bond acceptors (Lipinski definition) is 4. The van der Waals surface area contributed by atoms with Gasteiger partial charge in [-0.3, -0.25) is 0 Å². The van der Waals surface area contributed by atoms with Gasteiger partial charge in [-0.2, -0.15) is 18.3 Å². The van der Waals surface area contributed by atoms with Crippen LogP contribution in [0.15, 0.2) is 30.3 Å². The number of para-hydroxylation sites is 1. The monoisotopic (exact) mass is 285 g/mol. The maximum absolute atomic E-state index is 12.9. The van der Waals surface area contributed by atoms with Crippen molar-refractivity contribution in [3.05, 3.63) is 41.6 Å². The van der Waals surface area contributed by atoms with Crippen LogP contribution in [0, 0.1) is 0 Å². The number of ether oxygens (including phenoxy) is 1. The zero-order valence-corrected chi connectivity index (χ0v) is 10.3. The highest BCUT2D eigenvalue weighted by Crippen LogP contribution is 2.34. The van der Waals surface area contributed by atoms with Crippen molar-refractivity contribution in [2.45, 2.75) is 6.18 Å². The summed E-state index contributed by atoms with van der Waals surface area (Å²) in [5.74, 6) is -0.873. The van der Waals surface area contributed by atoms with Crippen LogP contribution in [0.5, 0.6) is 0 Å². The van der Waals surface area contributed by atoms with E-state index >= 15 is 0 Å². The molecule has 20 heavy (non-hydrogen) atoms. The third-order valence-electron chi connectivity index (χ3n) is 2.57. The summed E-state index contributed by atoms with van der Waals surface area (Å²) in [5, 5.41) is 3.74. The summed E-state index contributed by atoms with van der Waals surface area (Å²) in [6.07, 6.45) is -4.56. The molecule has 106 valence electrons. The standard InChI is InChI=1S/C12H10F3N3O2/c1-20-11(19)8-6-10(16)18(17-8)9-5-3-2-4-7(9)12(13,14)15/h2-6H,16H2,1H3. The van der Waals surface area contributed by atoms with Gasteiger partial charge in [0.2, 0.25) is 0 Å². The number of nitrogens with zero attached hydrogens (tertiary/aromatic N) is 2. The lowest BCUT2D eigenvalue weighted by Crippen LogP contribution is -2.13. The average Bonchev–Trinajstić information content (AvgIpc) is 2.79. The topological polar surface area (TPSA) is 70.1 Å². The predicted molar refractivity (Wildman–Crippen MR) is 64.3 cm³/mol. The number of aromatic nitrogens is 2. The first-order valence-corrected chi connectivity index (χ1v) is 5.45. The Morgan fingerprint density at radius 3 is 2.60 bits per heavy atom. The maximum Gasteiger partial charge on any atom is 0.418 e. The quantitative estimate of drug-likeness (QED) is 0.859. The van der Waals surface area contributed by atoms with Crippen molar-refractivity contribution >= 4 is 11.8 Å². The first-order chi connectivity index (χ1) is 9.34. The minimum Gasteiger partial charge on any atom is -0.464 e. The summed E-state index contributed by atoms with van der Waals surface area (Å²) in [6, 6.07) is 5.96. The Balaban J connectivity index is 2.58. The molecule has 0 radical (unpaired) electrons. The van der Waals surface area contributed by atoms with E-state index in [0.717, 1.165) is 23.9 Å². The SMILES string of the molecule is COC(=O)c1cc(N)n(-c2ccccc2C(F)(F)F)n1. The number of rotatable bonds is 2. The van der Waals surface area contributed by atoms with E-state index < -0.39 is 17.7 Å². The minimum absolute atomic E-state index is 0.0953. The van der Waals surface area contributed by atoms with Crippen LogP contribution < -0.4 is 5.73 Å². The molecule has 1 heterocycles. The molecule has 2 rings (SSSR count). The molecule has 2 aromatic rings. The number of carbonyl (C=O) groups is 1. The number of anilines is 1. The van der Waals surface area contributed by atoms with Crippen LogP contribution in [0.3, 0.4) is 0 Å². The zero-order chi connectivity index (χ0) is 14.9. The van der Waals surface area contributed by atoms with Crippen molar-refractivity contribution in [2.75, 3.05) is 12.8 Å². The largest absolute Gasteiger partial charge is 0.464 e. The third kappa shape index (κ3) is 2.44. The highest BCUT2D eigenvalue weighted by atomic mass is 19.4. The normalized spacial score (nSPS) is 11.4. The Morgan fingerprint density at radius 2 is 2.00 bits per heavy atom. The molecule has 8 heteroatoms. The number of nitrogens with two attached hydrogens (primary N) is 1. The van der Waals surface area contributed by atoms with Crippen molar-refractivity contribution in [3.8, 4) is 5.69 Å². The molecule has 0 fully saturated rings. The van der Waals surface area contributed by atoms with Gasteiger partial charge in [-0.15, -0.1) is 0 Å². The van der Waals surface area contributed by atoms with Gasteiger partial charge >= 0.3 is 12.1 Å². The molecule has 2 N–H and O–H groups in total. The Bertz CT molecular complexity index is 650. The van der Waals surface area contributed by atoms with Gasteiger partial charge in [0.05, 0.1) is 18.4 Å². The van der Waals surface area contributed by atoms with E-state index in [1.54, 1.807) is 0 Å². The first-order valence-electron chi connectivity index (χ1n) is 5.45. The van der Waals surface area contributed by atoms with Crippen molar-refractivity contribution in [3.63, 3.8) is 0 Å². The van der Waals surface area contributed by atoms with Gasteiger partial charge in [-0.25, -0.2) is 9.48 Å². The van der Waals surface area contributed by atoms with Gasteiger partial charge in [-0.1, -0.05) is 12.1 Å². The molecule has 0 bridgehead atoms. The number of alkyl halides is 3. The zero-order valence-electron chi connectivity index (χ0n) is 10.3. The van der Waals surface area contributed by atoms with Crippen LogP contribution in [0.4, 0.5) is 19.0 Å². The van der Waals surface area contributed by atoms with E-state index in [1.165, 1.54) is 18.2 Å². The van der Waals surface area contributed by atoms with E-state index in [4.69, 9.17) is 5.73 Å². The molecule has 0 aliphatic carbocycles. The van der Waals surface area contributed by atoms with E-state index in [2.05, 4.69) is 9.84 Å². The lowest BCUT2D eigenvalue weighted by atomic mass is 10.1. The lowest BCUT2D eigenvalue weighted by Gasteiger charge is -2.13. The van der Waals surface area contributed by atoms with E-state index in [1.807, 2.05) is 0 Å². The molecule has 0 saturated heterocycles. The molecule has 0 spiro atoms. The van der Waals surface area contributed by atoms with Crippen molar-refractivity contribution in [1.29, 1.82) is 0 Å². The van der Waals surface area contributed by atoms with Crippen LogP contribution in [-0.4, -0.2) is 22.9 Å². The van der Waals surface area contributed by atoms with Crippen molar-refractivity contribution < 1.29 is 22.7 Å². The summed E-state index contributed by atoms with van der Waals surface area (Å²) >= 11 is 0. The Hall–Kier alpha value is -2.51. The second-order valence-electron chi connectivity index (χ2n) is 3.87. The first kappa shape index (κ1) is 13.9. The number of nitrogen functional groups attached to an aromatic ring is 1. The van der Waals surface area contributed by atoms with Crippen LogP contribution in [0.2, 0.25) is 0 Å². The van der Waals surface area contributed by atoms with Crippen LogP contribution in [-0.2, 0) is 10.9 Å². The summed E-state index contributed by atoms with van der Waals surface area (Å²) in [5.41, 5.74) is 4.28. The van der Waals surface area contributed by atoms with Crippen molar-refractivity contribution in [2.24, 2.45) is 0 Å². The maximum atomic E-state index is 12.9. The second-order valence-corrected chi connectivity index (χ2v) is 3.87. The molecule has 0 aliphatic heterocycles. The Morgan fingerprint density at radius 1 is 1.35 bits per heavy atom. The molecule has 0 aliphatic rings. The van der Waals surface area contributed by atoms with Crippen molar-refractivity contribution in [1.82, 2.24) is 9.78 Å². The number of hydrogen-bond donors (Lipinski definition) is 1. The minimum atomic E-state index is -4.56. The fourth-order valence-corrected chi connectivity index (χ4v) is 1.69. The summed E-state index contributed by atoms with van der Waals surface area (Å²) in [6.45, 7) is 0. The molecule has 5 nitrogen and oxygen atoms in total. The number of esters is 1. The van der Waals surface area contributed by atoms with Gasteiger partial charge in [-0.05, 0) is 12.1 Å². The molecule has 0 saturated carbocycles. The van der Waals surface area contributed by atoms with Crippen LogP contribution in [0.25, 0.3) is 5.69 Å². The molecular formula is C12H10F3N3O2. The molecular weight excluding hydrogens is 275 g/mol. The Kier molecular flexibility index (Phi) is 3.39. The van der Waals surface area contributed by atoms with Gasteiger partial charge in [0.15, 0.2) is 5.69 Å². The second kappa shape index (κ2) is 4.87. The van der Waals surface area contributed by atoms with Gasteiger partial charge in [0.25, 0.3) is 0 Å². The van der Waals surface area contributed by atoms with E-state index in [9.17, 15) is 18.0 Å². The molecule has 0 unspecified atom stereocenters. The van der Waals surface area contributed by atoms with Gasteiger partial charge < -0.3 is 10.5 Å². The summed E-state index contributed by atoms with van der Waals surface area (Å²) in [7, 11) is 1.14. The number of methoxy groups -OCH3 is 1. The number of halogens is 3. The highest BCUT2D eigenvalue weighted by molar-refractivity contribution is 5.88. The Labute approximate surface area is 111 Å². The summed E-state index contributed by atoms with van der Waals surface area (Å²) < 4.78 is 44.1. The van der Waals surface area contributed by atoms with Gasteiger partial charge in [0, 0.05) is 6.07 Å². The fraction of sp³-hybridized carbons (Fsp3) is 0.167. The predicted octanol–water partition coefficient (Wildman–Crippen LogP) is 2.26. The fourth-order valence-electron chi connectivity index (χ4n) is 1.69. The molecule has 0 atom stereocenters.